The van der Waals surface area contributed by atoms with Crippen LogP contribution in [0.3, 0.4) is 0 Å². The molecule has 0 bridgehead atoms. The van der Waals surface area contributed by atoms with Crippen LogP contribution in [-0.2, 0) is 14.3 Å². The standard InChI is InChI=1S/C11H18O4S/c1-2-3-4-5-8-7-16-9(6-10(12)13)11(14)15-8/h8-9H,2-7H2,1H3,(H,12,13). The number of aliphatic carboxylic acids is 1. The number of ether oxygens (including phenoxy) is 1. The average Bonchev–Trinajstić information content (AvgIpc) is 2.22. The molecule has 0 aliphatic carbocycles. The second kappa shape index (κ2) is 6.78. The molecule has 2 unspecified atom stereocenters. The van der Waals surface area contributed by atoms with E-state index in [1.165, 1.54) is 11.8 Å². The first-order valence-corrected chi connectivity index (χ1v) is 6.72. The van der Waals surface area contributed by atoms with Crippen LogP contribution in [0.1, 0.15) is 39.0 Å². The van der Waals surface area contributed by atoms with Crippen molar-refractivity contribution in [3.05, 3.63) is 0 Å². The number of carboxylic acids is 1. The van der Waals surface area contributed by atoms with Gasteiger partial charge in [0.15, 0.2) is 0 Å². The van der Waals surface area contributed by atoms with E-state index in [9.17, 15) is 9.59 Å². The quantitative estimate of drug-likeness (QED) is 0.574. The predicted molar refractivity (Wildman–Crippen MR) is 62.5 cm³/mol. The lowest BCUT2D eigenvalue weighted by atomic mass is 10.1. The zero-order valence-electron chi connectivity index (χ0n) is 9.48. The Hall–Kier alpha value is -0.710. The molecule has 0 spiro atoms. The molecular formula is C11H18O4S. The van der Waals surface area contributed by atoms with Crippen molar-refractivity contribution in [2.75, 3.05) is 5.75 Å². The highest BCUT2D eigenvalue weighted by atomic mass is 32.2. The zero-order valence-corrected chi connectivity index (χ0v) is 10.3. The molecular weight excluding hydrogens is 228 g/mol. The number of unbranched alkanes of at least 4 members (excludes halogenated alkanes) is 2. The second-order valence-electron chi connectivity index (χ2n) is 3.97. The normalized spacial score (nSPS) is 25.2. The minimum atomic E-state index is -0.945. The van der Waals surface area contributed by atoms with Crippen molar-refractivity contribution in [1.82, 2.24) is 0 Å². The largest absolute Gasteiger partial charge is 0.481 e. The third kappa shape index (κ3) is 4.43. The molecule has 4 nitrogen and oxygen atoms in total. The summed E-state index contributed by atoms with van der Waals surface area (Å²) >= 11 is 1.41. The van der Waals surface area contributed by atoms with Crippen LogP contribution in [0, 0.1) is 0 Å². The fourth-order valence-corrected chi connectivity index (χ4v) is 2.76. The Morgan fingerprint density at radius 1 is 1.56 bits per heavy atom. The maximum absolute atomic E-state index is 11.5. The van der Waals surface area contributed by atoms with E-state index in [0.29, 0.717) is 0 Å². The van der Waals surface area contributed by atoms with Crippen LogP contribution in [-0.4, -0.2) is 34.2 Å². The average molecular weight is 246 g/mol. The maximum Gasteiger partial charge on any atom is 0.319 e. The van der Waals surface area contributed by atoms with Crippen molar-refractivity contribution in [3.8, 4) is 0 Å². The van der Waals surface area contributed by atoms with Crippen molar-refractivity contribution in [3.63, 3.8) is 0 Å². The van der Waals surface area contributed by atoms with Crippen molar-refractivity contribution in [1.29, 1.82) is 0 Å². The van der Waals surface area contributed by atoms with Gasteiger partial charge in [0.2, 0.25) is 0 Å². The van der Waals surface area contributed by atoms with Crippen molar-refractivity contribution < 1.29 is 19.4 Å². The number of hydrogen-bond donors (Lipinski definition) is 1. The van der Waals surface area contributed by atoms with Crippen LogP contribution in [0.15, 0.2) is 0 Å². The Labute approximate surface area is 99.7 Å². The Morgan fingerprint density at radius 3 is 2.88 bits per heavy atom. The van der Waals surface area contributed by atoms with E-state index in [2.05, 4.69) is 6.92 Å². The highest BCUT2D eigenvalue weighted by Gasteiger charge is 2.31. The zero-order chi connectivity index (χ0) is 12.0. The molecule has 5 heteroatoms. The van der Waals surface area contributed by atoms with Gasteiger partial charge in [-0.05, 0) is 12.8 Å². The van der Waals surface area contributed by atoms with E-state index in [1.807, 2.05) is 0 Å². The number of carboxylic acid groups (broad SMARTS) is 1. The maximum atomic E-state index is 11.5. The fourth-order valence-electron chi connectivity index (χ4n) is 1.63. The Bertz CT molecular complexity index is 254. The molecule has 16 heavy (non-hydrogen) atoms. The van der Waals surface area contributed by atoms with Gasteiger partial charge in [0.25, 0.3) is 0 Å². The first-order chi connectivity index (χ1) is 7.63. The lowest BCUT2D eigenvalue weighted by Crippen LogP contribution is -2.35. The molecule has 1 heterocycles. The molecule has 1 N–H and O–H groups in total. The molecule has 92 valence electrons. The summed E-state index contributed by atoms with van der Waals surface area (Å²) in [4.78, 5) is 22.0. The van der Waals surface area contributed by atoms with Gasteiger partial charge >= 0.3 is 11.9 Å². The number of carbonyl (C=O) groups excluding carboxylic acids is 1. The van der Waals surface area contributed by atoms with Crippen LogP contribution in [0.4, 0.5) is 0 Å². The van der Waals surface area contributed by atoms with Crippen molar-refractivity contribution in [2.45, 2.75) is 50.4 Å². The summed E-state index contributed by atoms with van der Waals surface area (Å²) < 4.78 is 5.22. The van der Waals surface area contributed by atoms with Gasteiger partial charge in [0.05, 0.1) is 6.42 Å². The molecule has 0 radical (unpaired) electrons. The lowest BCUT2D eigenvalue weighted by molar-refractivity contribution is -0.151. The van der Waals surface area contributed by atoms with Crippen LogP contribution >= 0.6 is 11.8 Å². The molecule has 0 aromatic carbocycles. The molecule has 0 aromatic rings. The molecule has 2 atom stereocenters. The molecule has 0 amide bonds. The SMILES string of the molecule is CCCCCC1CSC(CC(=O)O)C(=O)O1. The second-order valence-corrected chi connectivity index (χ2v) is 5.21. The van der Waals surface area contributed by atoms with Crippen molar-refractivity contribution >= 4 is 23.7 Å². The van der Waals surface area contributed by atoms with Crippen LogP contribution in [0.25, 0.3) is 0 Å². The van der Waals surface area contributed by atoms with E-state index >= 15 is 0 Å². The molecule has 0 aromatic heterocycles. The van der Waals surface area contributed by atoms with Gasteiger partial charge in [-0.15, -0.1) is 11.8 Å². The summed E-state index contributed by atoms with van der Waals surface area (Å²) in [6, 6.07) is 0. The topological polar surface area (TPSA) is 63.6 Å². The van der Waals surface area contributed by atoms with E-state index in [-0.39, 0.29) is 18.5 Å². The van der Waals surface area contributed by atoms with E-state index in [4.69, 9.17) is 9.84 Å². The fraction of sp³-hybridized carbons (Fsp3) is 0.818. The number of thioether (sulfide) groups is 1. The number of esters is 1. The molecule has 1 saturated heterocycles. The van der Waals surface area contributed by atoms with Crippen LogP contribution in [0.2, 0.25) is 0 Å². The van der Waals surface area contributed by atoms with E-state index in [0.717, 1.165) is 31.4 Å². The van der Waals surface area contributed by atoms with Crippen molar-refractivity contribution in [2.24, 2.45) is 0 Å². The minimum Gasteiger partial charge on any atom is -0.481 e. The Morgan fingerprint density at radius 2 is 2.31 bits per heavy atom. The molecule has 1 aliphatic rings. The van der Waals surface area contributed by atoms with Gasteiger partial charge in [-0.25, -0.2) is 0 Å². The van der Waals surface area contributed by atoms with Crippen LogP contribution < -0.4 is 0 Å². The summed E-state index contributed by atoms with van der Waals surface area (Å²) in [5, 5.41) is 8.09. The van der Waals surface area contributed by atoms with Gasteiger partial charge in [-0.1, -0.05) is 19.8 Å². The number of cyclic esters (lactones) is 1. The summed E-state index contributed by atoms with van der Waals surface area (Å²) in [5.41, 5.74) is 0. The highest BCUT2D eigenvalue weighted by molar-refractivity contribution is 8.00. The van der Waals surface area contributed by atoms with Gasteiger partial charge < -0.3 is 9.84 Å². The monoisotopic (exact) mass is 246 g/mol. The number of carbonyl (C=O) groups is 2. The molecule has 1 rings (SSSR count). The third-order valence-corrected chi connectivity index (χ3v) is 3.84. The first kappa shape index (κ1) is 13.4. The molecule has 1 aliphatic heterocycles. The molecule has 1 fully saturated rings. The molecule has 0 saturated carbocycles. The van der Waals surface area contributed by atoms with Gasteiger partial charge in [-0.2, -0.15) is 0 Å². The van der Waals surface area contributed by atoms with Gasteiger partial charge in [0.1, 0.15) is 11.4 Å². The summed E-state index contributed by atoms with van der Waals surface area (Å²) in [5.74, 6) is -0.577. The highest BCUT2D eigenvalue weighted by Crippen LogP contribution is 2.26. The summed E-state index contributed by atoms with van der Waals surface area (Å²) in [6.45, 7) is 2.13. The van der Waals surface area contributed by atoms with E-state index in [1.54, 1.807) is 0 Å². The first-order valence-electron chi connectivity index (χ1n) is 5.67. The van der Waals surface area contributed by atoms with Crippen LogP contribution in [0.5, 0.6) is 0 Å². The van der Waals surface area contributed by atoms with Gasteiger partial charge in [0, 0.05) is 5.75 Å². The Kier molecular flexibility index (Phi) is 5.66. The predicted octanol–water partition coefficient (Wildman–Crippen LogP) is 2.07. The number of hydrogen-bond acceptors (Lipinski definition) is 4. The summed E-state index contributed by atoms with van der Waals surface area (Å²) in [7, 11) is 0. The number of rotatable bonds is 6. The van der Waals surface area contributed by atoms with Gasteiger partial charge in [-0.3, -0.25) is 9.59 Å². The minimum absolute atomic E-state index is 0.0194. The lowest BCUT2D eigenvalue weighted by Gasteiger charge is -2.26. The van der Waals surface area contributed by atoms with E-state index < -0.39 is 11.2 Å². The Balaban J connectivity index is 2.28. The summed E-state index contributed by atoms with van der Waals surface area (Å²) in [6.07, 6.45) is 4.11. The smallest absolute Gasteiger partial charge is 0.319 e. The third-order valence-electron chi connectivity index (χ3n) is 2.52.